The van der Waals surface area contributed by atoms with Crippen molar-refractivity contribution in [2.45, 2.75) is 16.8 Å². The van der Waals surface area contributed by atoms with Crippen LogP contribution in [-0.4, -0.2) is 27.0 Å². The highest BCUT2D eigenvalue weighted by Gasteiger charge is 2.40. The van der Waals surface area contributed by atoms with Gasteiger partial charge < -0.3 is 0 Å². The first-order chi connectivity index (χ1) is 10.6. The number of hydrogen-bond acceptors (Lipinski definition) is 5. The molecule has 5 nitrogen and oxygen atoms in total. The average molecular weight is 321 g/mol. The van der Waals surface area contributed by atoms with Crippen LogP contribution in [0, 0.1) is 11.6 Å². The molecule has 0 aliphatic carbocycles. The summed E-state index contributed by atoms with van der Waals surface area (Å²) in [7, 11) is 0. The van der Waals surface area contributed by atoms with E-state index in [4.69, 9.17) is 0 Å². The number of halogens is 2. The number of imide groups is 1. The van der Waals surface area contributed by atoms with Crippen molar-refractivity contribution < 1.29 is 18.4 Å². The Kier molecular flexibility index (Phi) is 3.84. The fraction of sp³-hybridized carbons (Fsp3) is 0.143. The number of benzene rings is 1. The van der Waals surface area contributed by atoms with Crippen LogP contribution in [0.5, 0.6) is 0 Å². The molecule has 1 aliphatic heterocycles. The van der Waals surface area contributed by atoms with Gasteiger partial charge in [-0.2, -0.15) is 0 Å². The zero-order valence-electron chi connectivity index (χ0n) is 11.1. The topological polar surface area (TPSA) is 63.2 Å². The van der Waals surface area contributed by atoms with Crippen molar-refractivity contribution in [2.75, 3.05) is 4.90 Å². The summed E-state index contributed by atoms with van der Waals surface area (Å²) in [5.74, 6) is -3.11. The molecular formula is C14H9F2N3O2S. The lowest BCUT2D eigenvalue weighted by Crippen LogP contribution is -2.31. The SMILES string of the molecule is O=C1CC(Sc2ncccn2)C(=O)N1c1ccc(F)c(F)c1. The zero-order valence-corrected chi connectivity index (χ0v) is 11.9. The molecule has 2 aromatic rings. The molecule has 3 rings (SSSR count). The van der Waals surface area contributed by atoms with Gasteiger partial charge in [-0.15, -0.1) is 0 Å². The molecule has 0 N–H and O–H groups in total. The van der Waals surface area contributed by atoms with Gasteiger partial charge in [-0.3, -0.25) is 9.59 Å². The smallest absolute Gasteiger partial charge is 0.247 e. The molecule has 8 heteroatoms. The van der Waals surface area contributed by atoms with Gasteiger partial charge in [0.2, 0.25) is 11.8 Å². The molecule has 0 saturated carbocycles. The Balaban J connectivity index is 1.83. The highest BCUT2D eigenvalue weighted by atomic mass is 32.2. The van der Waals surface area contributed by atoms with Crippen molar-refractivity contribution >= 4 is 29.3 Å². The average Bonchev–Trinajstić information content (AvgIpc) is 2.78. The van der Waals surface area contributed by atoms with E-state index >= 15 is 0 Å². The Bertz CT molecular complexity index is 742. The third kappa shape index (κ3) is 2.69. The number of amides is 2. The second-order valence-electron chi connectivity index (χ2n) is 4.51. The van der Waals surface area contributed by atoms with Gasteiger partial charge >= 0.3 is 0 Å². The summed E-state index contributed by atoms with van der Waals surface area (Å²) in [4.78, 5) is 33.2. The van der Waals surface area contributed by atoms with E-state index < -0.39 is 28.7 Å². The summed E-state index contributed by atoms with van der Waals surface area (Å²) < 4.78 is 26.2. The Hall–Kier alpha value is -2.35. The summed E-state index contributed by atoms with van der Waals surface area (Å²) in [5.41, 5.74) is 0.0194. The Morgan fingerprint density at radius 2 is 1.86 bits per heavy atom. The highest BCUT2D eigenvalue weighted by Crippen LogP contribution is 2.32. The molecular weight excluding hydrogens is 312 g/mol. The minimum absolute atomic E-state index is 0.0194. The summed E-state index contributed by atoms with van der Waals surface area (Å²) >= 11 is 1.07. The summed E-state index contributed by atoms with van der Waals surface area (Å²) in [6.45, 7) is 0. The van der Waals surface area contributed by atoms with Gasteiger partial charge in [0.25, 0.3) is 0 Å². The lowest BCUT2D eigenvalue weighted by Gasteiger charge is -2.14. The van der Waals surface area contributed by atoms with Crippen LogP contribution < -0.4 is 4.90 Å². The predicted molar refractivity (Wildman–Crippen MR) is 75.1 cm³/mol. The van der Waals surface area contributed by atoms with E-state index in [0.717, 1.165) is 28.8 Å². The maximum absolute atomic E-state index is 13.3. The summed E-state index contributed by atoms with van der Waals surface area (Å²) in [6.07, 6.45) is 3.02. The number of thioether (sulfide) groups is 1. The molecule has 0 bridgehead atoms. The van der Waals surface area contributed by atoms with Gasteiger partial charge in [0.1, 0.15) is 5.25 Å². The number of hydrogen-bond donors (Lipinski definition) is 0. The normalized spacial score (nSPS) is 18.1. The van der Waals surface area contributed by atoms with E-state index in [-0.39, 0.29) is 12.1 Å². The molecule has 1 aliphatic rings. The van der Waals surface area contributed by atoms with Gasteiger partial charge in [0, 0.05) is 24.9 Å². The van der Waals surface area contributed by atoms with Crippen molar-refractivity contribution in [1.29, 1.82) is 0 Å². The Labute approximate surface area is 128 Å². The molecule has 112 valence electrons. The zero-order chi connectivity index (χ0) is 15.7. The number of aromatic nitrogens is 2. The van der Waals surface area contributed by atoms with Crippen LogP contribution in [-0.2, 0) is 9.59 Å². The molecule has 0 spiro atoms. The predicted octanol–water partition coefficient (Wildman–Crippen LogP) is 2.18. The fourth-order valence-corrected chi connectivity index (χ4v) is 3.00. The van der Waals surface area contributed by atoms with Crippen LogP contribution in [0.1, 0.15) is 6.42 Å². The fourth-order valence-electron chi connectivity index (χ4n) is 2.07. The largest absolute Gasteiger partial charge is 0.274 e. The standard InChI is InChI=1S/C14H9F2N3O2S/c15-9-3-2-8(6-10(9)16)19-12(20)7-11(13(19)21)22-14-17-4-1-5-18-14/h1-6,11H,7H2. The number of carbonyl (C=O) groups is 2. The van der Waals surface area contributed by atoms with E-state index in [1.54, 1.807) is 6.07 Å². The van der Waals surface area contributed by atoms with Crippen molar-refractivity contribution in [3.05, 3.63) is 48.3 Å². The van der Waals surface area contributed by atoms with Crippen molar-refractivity contribution in [3.63, 3.8) is 0 Å². The van der Waals surface area contributed by atoms with Gasteiger partial charge in [-0.25, -0.2) is 23.6 Å². The number of anilines is 1. The lowest BCUT2D eigenvalue weighted by molar-refractivity contribution is -0.121. The van der Waals surface area contributed by atoms with Gasteiger partial charge in [-0.1, -0.05) is 11.8 Å². The monoisotopic (exact) mass is 321 g/mol. The van der Waals surface area contributed by atoms with Crippen molar-refractivity contribution in [3.8, 4) is 0 Å². The Morgan fingerprint density at radius 1 is 1.14 bits per heavy atom. The first-order valence-corrected chi connectivity index (χ1v) is 7.20. The molecule has 1 saturated heterocycles. The summed E-state index contributed by atoms with van der Waals surface area (Å²) in [6, 6.07) is 4.54. The van der Waals surface area contributed by atoms with Gasteiger partial charge in [0.15, 0.2) is 16.8 Å². The molecule has 1 unspecified atom stereocenters. The second-order valence-corrected chi connectivity index (χ2v) is 5.68. The van der Waals surface area contributed by atoms with Crippen LogP contribution in [0.4, 0.5) is 14.5 Å². The van der Waals surface area contributed by atoms with E-state index in [2.05, 4.69) is 9.97 Å². The van der Waals surface area contributed by atoms with Gasteiger partial charge in [0.05, 0.1) is 5.69 Å². The van der Waals surface area contributed by atoms with Gasteiger partial charge in [-0.05, 0) is 18.2 Å². The number of rotatable bonds is 3. The van der Waals surface area contributed by atoms with Crippen molar-refractivity contribution in [2.24, 2.45) is 0 Å². The molecule has 22 heavy (non-hydrogen) atoms. The number of nitrogens with zero attached hydrogens (tertiary/aromatic N) is 3. The van der Waals surface area contributed by atoms with Crippen LogP contribution >= 0.6 is 11.8 Å². The molecule has 1 fully saturated rings. The van der Waals surface area contributed by atoms with Crippen LogP contribution in [0.15, 0.2) is 41.8 Å². The third-order valence-corrected chi connectivity index (χ3v) is 4.13. The lowest BCUT2D eigenvalue weighted by atomic mass is 10.3. The minimum atomic E-state index is -1.11. The van der Waals surface area contributed by atoms with E-state index in [0.29, 0.717) is 5.16 Å². The van der Waals surface area contributed by atoms with Crippen LogP contribution in [0.2, 0.25) is 0 Å². The highest BCUT2D eigenvalue weighted by molar-refractivity contribution is 8.00. The van der Waals surface area contributed by atoms with E-state index in [1.165, 1.54) is 18.5 Å². The molecule has 1 aromatic heterocycles. The molecule has 0 radical (unpaired) electrons. The number of carbonyl (C=O) groups excluding carboxylic acids is 2. The molecule has 1 atom stereocenters. The Morgan fingerprint density at radius 3 is 2.55 bits per heavy atom. The molecule has 2 heterocycles. The molecule has 2 amide bonds. The van der Waals surface area contributed by atoms with Crippen LogP contribution in [0.3, 0.4) is 0 Å². The third-order valence-electron chi connectivity index (χ3n) is 3.06. The maximum Gasteiger partial charge on any atom is 0.247 e. The van der Waals surface area contributed by atoms with Crippen molar-refractivity contribution in [1.82, 2.24) is 9.97 Å². The van der Waals surface area contributed by atoms with Crippen LogP contribution in [0.25, 0.3) is 0 Å². The quantitative estimate of drug-likeness (QED) is 0.640. The summed E-state index contributed by atoms with van der Waals surface area (Å²) in [5, 5.41) is -0.302. The minimum Gasteiger partial charge on any atom is -0.274 e. The first kappa shape index (κ1) is 14.6. The van der Waals surface area contributed by atoms with E-state index in [1.807, 2.05) is 0 Å². The first-order valence-electron chi connectivity index (χ1n) is 6.32. The van der Waals surface area contributed by atoms with E-state index in [9.17, 15) is 18.4 Å². The molecule has 1 aromatic carbocycles. The maximum atomic E-state index is 13.3. The second kappa shape index (κ2) is 5.80.